The highest BCUT2D eigenvalue weighted by Gasteiger charge is 2.26. The lowest BCUT2D eigenvalue weighted by atomic mass is 9.96. The molecule has 0 bridgehead atoms. The zero-order valence-corrected chi connectivity index (χ0v) is 27.4. The summed E-state index contributed by atoms with van der Waals surface area (Å²) in [4.78, 5) is 53.9. The van der Waals surface area contributed by atoms with Gasteiger partial charge >= 0.3 is 5.97 Å². The number of hydrogen-bond donors (Lipinski definition) is 3. The number of hydrogen-bond acceptors (Lipinski definition) is 7. The normalized spacial score (nSPS) is 13.0. The van der Waals surface area contributed by atoms with Crippen molar-refractivity contribution in [3.05, 3.63) is 118 Å². The molecule has 3 aromatic carbocycles. The lowest BCUT2D eigenvalue weighted by Crippen LogP contribution is -2.30. The van der Waals surface area contributed by atoms with E-state index in [1.165, 1.54) is 60.5 Å². The van der Waals surface area contributed by atoms with Crippen molar-refractivity contribution in [3.8, 4) is 0 Å². The first-order valence-electron chi connectivity index (χ1n) is 15.2. The van der Waals surface area contributed by atoms with Crippen LogP contribution >= 0.6 is 23.1 Å². The predicted molar refractivity (Wildman–Crippen MR) is 184 cm³/mol. The third-order valence-electron chi connectivity index (χ3n) is 7.49. The van der Waals surface area contributed by atoms with E-state index < -0.39 is 23.6 Å². The maximum atomic E-state index is 13.5. The summed E-state index contributed by atoms with van der Waals surface area (Å²) in [6.45, 7) is 0. The Morgan fingerprint density at radius 1 is 0.894 bits per heavy atom. The molecule has 0 atom stereocenters. The summed E-state index contributed by atoms with van der Waals surface area (Å²) in [5, 5.41) is 8.92. The number of benzene rings is 3. The number of carbonyl (C=O) groups excluding carboxylic acids is 4. The van der Waals surface area contributed by atoms with Gasteiger partial charge in [0, 0.05) is 21.0 Å². The Labute approximate surface area is 280 Å². The van der Waals surface area contributed by atoms with E-state index >= 15 is 0 Å². The van der Waals surface area contributed by atoms with Crippen molar-refractivity contribution in [1.29, 1.82) is 0 Å². The van der Waals surface area contributed by atoms with Crippen LogP contribution in [0, 0.1) is 5.82 Å². The van der Waals surface area contributed by atoms with E-state index in [4.69, 9.17) is 4.74 Å². The number of carbonyl (C=O) groups is 4. The van der Waals surface area contributed by atoms with Crippen LogP contribution in [0.3, 0.4) is 0 Å². The molecule has 1 aromatic heterocycles. The van der Waals surface area contributed by atoms with Crippen LogP contribution in [-0.2, 0) is 27.2 Å². The number of anilines is 2. The lowest BCUT2D eigenvalue weighted by molar-refractivity contribution is -0.114. The predicted octanol–water partition coefficient (Wildman–Crippen LogP) is 7.47. The molecule has 5 rings (SSSR count). The van der Waals surface area contributed by atoms with Gasteiger partial charge in [0.1, 0.15) is 16.5 Å². The molecule has 8 nitrogen and oxygen atoms in total. The fraction of sp³-hybridized carbons (Fsp3) is 0.222. The minimum absolute atomic E-state index is 0.0330. The number of rotatable bonds is 10. The molecule has 1 aliphatic rings. The molecular weight excluding hydrogens is 638 g/mol. The summed E-state index contributed by atoms with van der Waals surface area (Å²) in [5.41, 5.74) is 2.75. The van der Waals surface area contributed by atoms with Gasteiger partial charge in [0.05, 0.1) is 18.4 Å². The van der Waals surface area contributed by atoms with Crippen molar-refractivity contribution in [1.82, 2.24) is 5.32 Å². The summed E-state index contributed by atoms with van der Waals surface area (Å²) < 4.78 is 18.5. The van der Waals surface area contributed by atoms with Gasteiger partial charge in [-0.3, -0.25) is 14.4 Å². The monoisotopic (exact) mass is 671 g/mol. The number of methoxy groups -OCH3 is 1. The van der Waals surface area contributed by atoms with Crippen LogP contribution in [0.4, 0.5) is 15.1 Å². The van der Waals surface area contributed by atoms with Crippen LogP contribution < -0.4 is 16.0 Å². The molecule has 0 radical (unpaired) electrons. The minimum atomic E-state index is -0.581. The highest BCUT2D eigenvalue weighted by Crippen LogP contribution is 2.37. The zero-order chi connectivity index (χ0) is 33.2. The molecule has 3 amide bonds. The SMILES string of the molecule is COC(=O)c1c(NC(=O)CSc2cccc(NC(=O)/C(=C\c3ccc(F)cc3)NC(=O)c3ccccc3)c2)sc2c1CCCCCC2. The molecule has 0 saturated carbocycles. The fourth-order valence-corrected chi connectivity index (χ4v) is 7.22. The van der Waals surface area contributed by atoms with E-state index in [-0.39, 0.29) is 17.4 Å². The van der Waals surface area contributed by atoms with Gasteiger partial charge in [0.25, 0.3) is 11.8 Å². The van der Waals surface area contributed by atoms with E-state index in [1.54, 1.807) is 48.5 Å². The Balaban J connectivity index is 1.26. The highest BCUT2D eigenvalue weighted by atomic mass is 32.2. The molecule has 0 aliphatic heterocycles. The Kier molecular flexibility index (Phi) is 11.6. The van der Waals surface area contributed by atoms with Gasteiger partial charge in [-0.15, -0.1) is 23.1 Å². The molecule has 0 unspecified atom stereocenters. The molecule has 242 valence electrons. The number of amides is 3. The third kappa shape index (κ3) is 9.17. The number of nitrogens with one attached hydrogen (secondary N) is 3. The Hall–Kier alpha value is -4.74. The van der Waals surface area contributed by atoms with Gasteiger partial charge in [-0.2, -0.15) is 0 Å². The van der Waals surface area contributed by atoms with Crippen molar-refractivity contribution in [3.63, 3.8) is 0 Å². The molecule has 0 fully saturated rings. The smallest absolute Gasteiger partial charge is 0.341 e. The molecule has 3 N–H and O–H groups in total. The molecular formula is C36H34FN3O5S2. The summed E-state index contributed by atoms with van der Waals surface area (Å²) in [7, 11) is 1.35. The first-order chi connectivity index (χ1) is 22.8. The number of thiophene rings is 1. The maximum Gasteiger partial charge on any atom is 0.341 e. The lowest BCUT2D eigenvalue weighted by Gasteiger charge is -2.12. The number of thioether (sulfide) groups is 1. The number of halogens is 1. The van der Waals surface area contributed by atoms with Crippen molar-refractivity contribution >= 4 is 63.6 Å². The summed E-state index contributed by atoms with van der Waals surface area (Å²) in [5.74, 6) is -2.11. The second-order valence-corrected chi connectivity index (χ2v) is 13.0. The first kappa shape index (κ1) is 33.6. The molecule has 1 heterocycles. The number of fused-ring (bicyclic) bond motifs is 1. The average molecular weight is 672 g/mol. The van der Waals surface area contributed by atoms with E-state index in [0.717, 1.165) is 53.9 Å². The van der Waals surface area contributed by atoms with Gasteiger partial charge in [-0.05, 0) is 85.4 Å². The Morgan fingerprint density at radius 2 is 1.64 bits per heavy atom. The van der Waals surface area contributed by atoms with Crippen LogP contribution in [0.2, 0.25) is 0 Å². The van der Waals surface area contributed by atoms with Crippen molar-refractivity contribution in [2.45, 2.75) is 43.4 Å². The van der Waals surface area contributed by atoms with Crippen molar-refractivity contribution in [2.24, 2.45) is 0 Å². The molecule has 4 aromatic rings. The molecule has 47 heavy (non-hydrogen) atoms. The van der Waals surface area contributed by atoms with E-state index in [1.807, 2.05) is 6.07 Å². The van der Waals surface area contributed by atoms with Gasteiger partial charge in [0.2, 0.25) is 5.91 Å². The average Bonchev–Trinajstić information content (AvgIpc) is 3.39. The first-order valence-corrected chi connectivity index (χ1v) is 17.0. The van der Waals surface area contributed by atoms with Gasteiger partial charge in [0.15, 0.2) is 0 Å². The van der Waals surface area contributed by atoms with Crippen LogP contribution in [0.15, 0.2) is 89.5 Å². The summed E-state index contributed by atoms with van der Waals surface area (Å²) in [6, 6.07) is 21.0. The molecule has 0 saturated heterocycles. The number of ether oxygens (including phenoxy) is 1. The summed E-state index contributed by atoms with van der Waals surface area (Å²) >= 11 is 2.73. The van der Waals surface area contributed by atoms with Crippen LogP contribution in [0.5, 0.6) is 0 Å². The third-order valence-corrected chi connectivity index (χ3v) is 9.69. The topological polar surface area (TPSA) is 114 Å². The van der Waals surface area contributed by atoms with Crippen LogP contribution in [0.1, 0.15) is 62.4 Å². The zero-order valence-electron chi connectivity index (χ0n) is 25.8. The van der Waals surface area contributed by atoms with Crippen LogP contribution in [0.25, 0.3) is 6.08 Å². The Bertz CT molecular complexity index is 1790. The van der Waals surface area contributed by atoms with E-state index in [9.17, 15) is 23.6 Å². The molecule has 0 spiro atoms. The minimum Gasteiger partial charge on any atom is -0.465 e. The van der Waals surface area contributed by atoms with E-state index in [0.29, 0.717) is 27.4 Å². The quantitative estimate of drug-likeness (QED) is 0.0916. The van der Waals surface area contributed by atoms with Crippen molar-refractivity contribution in [2.75, 3.05) is 23.5 Å². The standard InChI is InChI=1S/C36H34FN3O5S2/c1-45-36(44)32-28-14-7-2-3-8-15-30(28)47-35(32)40-31(41)22-46-27-13-9-12-26(21-27)38-34(43)29(20-23-16-18-25(37)19-17-23)39-33(42)24-10-5-4-6-11-24/h4-6,9-13,16-21H,2-3,7-8,14-15,22H2,1H3,(H,38,43)(H,39,42)(H,40,41)/b29-20+. The number of aryl methyl sites for hydroxylation is 1. The molecule has 1 aliphatic carbocycles. The largest absolute Gasteiger partial charge is 0.465 e. The highest BCUT2D eigenvalue weighted by molar-refractivity contribution is 8.00. The second kappa shape index (κ2) is 16.2. The Morgan fingerprint density at radius 3 is 2.38 bits per heavy atom. The van der Waals surface area contributed by atoms with Crippen molar-refractivity contribution < 1.29 is 28.3 Å². The number of esters is 1. The van der Waals surface area contributed by atoms with E-state index in [2.05, 4.69) is 16.0 Å². The van der Waals surface area contributed by atoms with Gasteiger partial charge in [-0.25, -0.2) is 9.18 Å². The van der Waals surface area contributed by atoms with Crippen LogP contribution in [-0.4, -0.2) is 36.6 Å². The fourth-order valence-electron chi connectivity index (χ4n) is 5.17. The van der Waals surface area contributed by atoms with Gasteiger partial charge in [-0.1, -0.05) is 49.2 Å². The second-order valence-electron chi connectivity index (χ2n) is 10.9. The maximum absolute atomic E-state index is 13.5. The van der Waals surface area contributed by atoms with Gasteiger partial charge < -0.3 is 20.7 Å². The summed E-state index contributed by atoms with van der Waals surface area (Å²) in [6.07, 6.45) is 7.44. The molecule has 11 heteroatoms.